The predicted octanol–water partition coefficient (Wildman–Crippen LogP) is 3.37. The van der Waals surface area contributed by atoms with Crippen molar-refractivity contribution in [1.82, 2.24) is 5.32 Å². The Kier molecular flexibility index (Phi) is 5.21. The third-order valence-corrected chi connectivity index (χ3v) is 4.24. The molecule has 0 aliphatic carbocycles. The van der Waals surface area contributed by atoms with Gasteiger partial charge >= 0.3 is 6.18 Å². The zero-order valence-electron chi connectivity index (χ0n) is 11.5. The number of benzene rings is 1. The van der Waals surface area contributed by atoms with E-state index in [9.17, 15) is 13.2 Å². The van der Waals surface area contributed by atoms with Crippen LogP contribution in [0.2, 0.25) is 0 Å². The van der Waals surface area contributed by atoms with Crippen molar-refractivity contribution in [3.8, 4) is 0 Å². The van der Waals surface area contributed by atoms with E-state index < -0.39 is 11.7 Å². The first-order valence-corrected chi connectivity index (χ1v) is 7.91. The molecule has 1 heterocycles. The number of thioether (sulfide) groups is 1. The number of hydrogen-bond donors (Lipinski definition) is 1. The molecule has 2 nitrogen and oxygen atoms in total. The molecule has 1 aromatic rings. The van der Waals surface area contributed by atoms with Crippen LogP contribution in [0, 0.1) is 0 Å². The first kappa shape index (κ1) is 15.5. The van der Waals surface area contributed by atoms with Gasteiger partial charge in [-0.1, -0.05) is 13.0 Å². The van der Waals surface area contributed by atoms with Gasteiger partial charge in [-0.3, -0.25) is 0 Å². The average Bonchev–Trinajstić information content (AvgIpc) is 2.45. The van der Waals surface area contributed by atoms with Gasteiger partial charge < -0.3 is 10.2 Å². The maximum absolute atomic E-state index is 13.3. The molecule has 1 aliphatic rings. The van der Waals surface area contributed by atoms with E-state index in [1.165, 1.54) is 6.07 Å². The molecule has 0 aromatic heterocycles. The van der Waals surface area contributed by atoms with Gasteiger partial charge in [-0.05, 0) is 24.2 Å². The molecule has 0 bridgehead atoms. The fourth-order valence-corrected chi connectivity index (χ4v) is 3.17. The summed E-state index contributed by atoms with van der Waals surface area (Å²) < 4.78 is 39.8. The van der Waals surface area contributed by atoms with E-state index in [1.807, 2.05) is 11.8 Å². The van der Waals surface area contributed by atoms with Crippen molar-refractivity contribution in [3.05, 3.63) is 29.3 Å². The molecule has 1 saturated heterocycles. The SMILES string of the molecule is CCNCc1ccc(N2CCSCC2)c(C(F)(F)F)c1. The number of rotatable bonds is 4. The molecule has 0 unspecified atom stereocenters. The highest BCUT2D eigenvalue weighted by molar-refractivity contribution is 7.99. The van der Waals surface area contributed by atoms with E-state index >= 15 is 0 Å². The minimum absolute atomic E-state index is 0.318. The summed E-state index contributed by atoms with van der Waals surface area (Å²) in [6, 6.07) is 4.68. The molecule has 1 N–H and O–H groups in total. The van der Waals surface area contributed by atoms with Crippen molar-refractivity contribution < 1.29 is 13.2 Å². The largest absolute Gasteiger partial charge is 0.418 e. The summed E-state index contributed by atoms with van der Waals surface area (Å²) in [5.41, 5.74) is 0.479. The van der Waals surface area contributed by atoms with Crippen LogP contribution >= 0.6 is 11.8 Å². The summed E-state index contributed by atoms with van der Waals surface area (Å²) >= 11 is 1.79. The summed E-state index contributed by atoms with van der Waals surface area (Å²) in [4.78, 5) is 1.84. The molecule has 0 radical (unpaired) electrons. The van der Waals surface area contributed by atoms with Crippen LogP contribution in [0.4, 0.5) is 18.9 Å². The van der Waals surface area contributed by atoms with Gasteiger partial charge in [-0.15, -0.1) is 0 Å². The molecular weight excluding hydrogens is 285 g/mol. The van der Waals surface area contributed by atoms with Crippen molar-refractivity contribution in [1.29, 1.82) is 0 Å². The fourth-order valence-electron chi connectivity index (χ4n) is 2.27. The number of nitrogens with one attached hydrogen (secondary N) is 1. The molecule has 1 fully saturated rings. The molecule has 0 spiro atoms. The molecule has 1 aliphatic heterocycles. The van der Waals surface area contributed by atoms with Crippen LogP contribution in [0.5, 0.6) is 0 Å². The monoisotopic (exact) mass is 304 g/mol. The lowest BCUT2D eigenvalue weighted by molar-refractivity contribution is -0.137. The highest BCUT2D eigenvalue weighted by Crippen LogP contribution is 2.38. The molecule has 0 amide bonds. The summed E-state index contributed by atoms with van der Waals surface area (Å²) in [6.45, 7) is 4.51. The minimum atomic E-state index is -4.30. The second-order valence-corrected chi connectivity index (χ2v) is 5.95. The maximum atomic E-state index is 13.3. The van der Waals surface area contributed by atoms with E-state index in [-0.39, 0.29) is 0 Å². The first-order chi connectivity index (χ1) is 9.52. The van der Waals surface area contributed by atoms with Crippen LogP contribution in [0.3, 0.4) is 0 Å². The molecule has 0 saturated carbocycles. The lowest BCUT2D eigenvalue weighted by Gasteiger charge is -2.31. The molecule has 20 heavy (non-hydrogen) atoms. The Bertz CT molecular complexity index is 443. The van der Waals surface area contributed by atoms with E-state index in [4.69, 9.17) is 0 Å². The smallest absolute Gasteiger partial charge is 0.369 e. The Hall–Kier alpha value is -0.880. The van der Waals surface area contributed by atoms with E-state index in [2.05, 4.69) is 5.32 Å². The van der Waals surface area contributed by atoms with Crippen molar-refractivity contribution in [2.75, 3.05) is 36.0 Å². The van der Waals surface area contributed by atoms with Gasteiger partial charge in [0.2, 0.25) is 0 Å². The zero-order valence-corrected chi connectivity index (χ0v) is 12.3. The van der Waals surface area contributed by atoms with Gasteiger partial charge in [0.1, 0.15) is 0 Å². The average molecular weight is 304 g/mol. The molecule has 2 rings (SSSR count). The van der Waals surface area contributed by atoms with Crippen LogP contribution in [0.25, 0.3) is 0 Å². The highest BCUT2D eigenvalue weighted by atomic mass is 32.2. The molecule has 6 heteroatoms. The topological polar surface area (TPSA) is 15.3 Å². The Labute approximate surface area is 121 Å². The summed E-state index contributed by atoms with van der Waals surface area (Å²) in [6.07, 6.45) is -4.30. The van der Waals surface area contributed by atoms with Crippen LogP contribution in [-0.4, -0.2) is 31.1 Å². The standard InChI is InChI=1S/C14H19F3N2S/c1-2-18-10-11-3-4-13(12(9-11)14(15,16)17)19-5-7-20-8-6-19/h3-4,9,18H,2,5-8,10H2,1H3. The van der Waals surface area contributed by atoms with Crippen molar-refractivity contribution in [3.63, 3.8) is 0 Å². The van der Waals surface area contributed by atoms with Crippen molar-refractivity contribution in [2.45, 2.75) is 19.6 Å². The number of anilines is 1. The minimum Gasteiger partial charge on any atom is -0.369 e. The van der Waals surface area contributed by atoms with Gasteiger partial charge in [0.15, 0.2) is 0 Å². The van der Waals surface area contributed by atoms with Crippen LogP contribution in [0.15, 0.2) is 18.2 Å². The molecule has 1 aromatic carbocycles. The van der Waals surface area contributed by atoms with E-state index in [0.717, 1.165) is 18.1 Å². The molecule has 0 atom stereocenters. The number of alkyl halides is 3. The van der Waals surface area contributed by atoms with Crippen LogP contribution in [0.1, 0.15) is 18.1 Å². The highest BCUT2D eigenvalue weighted by Gasteiger charge is 2.35. The van der Waals surface area contributed by atoms with Gasteiger partial charge in [-0.25, -0.2) is 0 Å². The number of hydrogen-bond acceptors (Lipinski definition) is 3. The first-order valence-electron chi connectivity index (χ1n) is 6.76. The lowest BCUT2D eigenvalue weighted by Crippen LogP contribution is -2.34. The van der Waals surface area contributed by atoms with Crippen molar-refractivity contribution in [2.24, 2.45) is 0 Å². The quantitative estimate of drug-likeness (QED) is 0.918. The second kappa shape index (κ2) is 6.72. The van der Waals surface area contributed by atoms with E-state index in [1.54, 1.807) is 23.9 Å². The van der Waals surface area contributed by atoms with Gasteiger partial charge in [0.05, 0.1) is 5.56 Å². The van der Waals surface area contributed by atoms with Gasteiger partial charge in [0, 0.05) is 36.8 Å². The normalized spacial score (nSPS) is 16.5. The maximum Gasteiger partial charge on any atom is 0.418 e. The number of nitrogens with zero attached hydrogens (tertiary/aromatic N) is 1. The third kappa shape index (κ3) is 3.82. The fraction of sp³-hybridized carbons (Fsp3) is 0.571. The van der Waals surface area contributed by atoms with Crippen LogP contribution in [-0.2, 0) is 12.7 Å². The van der Waals surface area contributed by atoms with Crippen LogP contribution < -0.4 is 10.2 Å². The predicted molar refractivity (Wildman–Crippen MR) is 78.4 cm³/mol. The summed E-state index contributed by atoms with van der Waals surface area (Å²) in [5, 5.41) is 3.06. The summed E-state index contributed by atoms with van der Waals surface area (Å²) in [7, 11) is 0. The Balaban J connectivity index is 2.30. The lowest BCUT2D eigenvalue weighted by atomic mass is 10.1. The Morgan fingerprint density at radius 1 is 1.25 bits per heavy atom. The summed E-state index contributed by atoms with van der Waals surface area (Å²) in [5.74, 6) is 1.77. The Morgan fingerprint density at radius 2 is 1.95 bits per heavy atom. The Morgan fingerprint density at radius 3 is 2.55 bits per heavy atom. The van der Waals surface area contributed by atoms with E-state index in [0.29, 0.717) is 30.9 Å². The second-order valence-electron chi connectivity index (χ2n) is 4.73. The zero-order chi connectivity index (χ0) is 14.6. The molecular formula is C14H19F3N2S. The van der Waals surface area contributed by atoms with Gasteiger partial charge in [-0.2, -0.15) is 24.9 Å². The molecule has 112 valence electrons. The number of halogens is 3. The van der Waals surface area contributed by atoms with Gasteiger partial charge in [0.25, 0.3) is 0 Å². The third-order valence-electron chi connectivity index (χ3n) is 3.30. The van der Waals surface area contributed by atoms with Crippen molar-refractivity contribution >= 4 is 17.4 Å².